The van der Waals surface area contributed by atoms with Crippen LogP contribution in [0.25, 0.3) is 0 Å². The van der Waals surface area contributed by atoms with Gasteiger partial charge in [-0.3, -0.25) is 14.4 Å². The van der Waals surface area contributed by atoms with Gasteiger partial charge in [-0.15, -0.1) is 0 Å². The highest BCUT2D eigenvalue weighted by Crippen LogP contribution is 2.38. The molecule has 0 radical (unpaired) electrons. The fourth-order valence-electron chi connectivity index (χ4n) is 2.57. The molecule has 0 bridgehead atoms. The summed E-state index contributed by atoms with van der Waals surface area (Å²) >= 11 is 0. The summed E-state index contributed by atoms with van der Waals surface area (Å²) in [4.78, 5) is 34.5. The van der Waals surface area contributed by atoms with Crippen LogP contribution in [-0.2, 0) is 23.9 Å². The molecule has 6 nitrogen and oxygen atoms in total. The highest BCUT2D eigenvalue weighted by atomic mass is 16.5. The first-order valence-electron chi connectivity index (χ1n) is 5.85. The van der Waals surface area contributed by atoms with E-state index in [4.69, 9.17) is 9.47 Å². The molecule has 0 aromatic rings. The van der Waals surface area contributed by atoms with E-state index in [1.54, 1.807) is 0 Å². The van der Waals surface area contributed by atoms with Crippen LogP contribution in [0, 0.1) is 17.8 Å². The molecule has 0 aliphatic heterocycles. The predicted molar refractivity (Wildman–Crippen MR) is 62.4 cm³/mol. The second-order valence-electron chi connectivity index (χ2n) is 4.58. The molecule has 1 rings (SSSR count). The van der Waals surface area contributed by atoms with E-state index in [2.05, 4.69) is 5.32 Å². The number of carbonyl (C=O) groups excluding carboxylic acids is 3. The molecule has 102 valence electrons. The first-order chi connectivity index (χ1) is 8.42. The number of carbonyl (C=O) groups is 3. The number of ether oxygens (including phenoxy) is 2. The number of hydrogen-bond donors (Lipinski definition) is 1. The number of amides is 1. The standard InChI is InChI=1S/C12H19NO5/c1-6-8(11(15)17-3)5-9(12(16)18-4)10(6)13-7(2)14/h6,8-10H,5H2,1-4H3,(H,13,14)/t6-,8-,9+,10+/m0/s1. The van der Waals surface area contributed by atoms with Gasteiger partial charge in [0.15, 0.2) is 0 Å². The van der Waals surface area contributed by atoms with Gasteiger partial charge in [0.2, 0.25) is 5.91 Å². The Balaban J connectivity index is 2.91. The fraction of sp³-hybridized carbons (Fsp3) is 0.750. The fourth-order valence-corrected chi connectivity index (χ4v) is 2.57. The van der Waals surface area contributed by atoms with Gasteiger partial charge in [0.1, 0.15) is 0 Å². The molecule has 4 atom stereocenters. The zero-order valence-corrected chi connectivity index (χ0v) is 11.1. The number of esters is 2. The van der Waals surface area contributed by atoms with E-state index in [9.17, 15) is 14.4 Å². The van der Waals surface area contributed by atoms with Crippen LogP contribution in [0.3, 0.4) is 0 Å². The Hall–Kier alpha value is -1.59. The quantitative estimate of drug-likeness (QED) is 0.726. The van der Waals surface area contributed by atoms with E-state index in [-0.39, 0.29) is 23.8 Å². The summed E-state index contributed by atoms with van der Waals surface area (Å²) in [5.41, 5.74) is 0. The Morgan fingerprint density at radius 2 is 1.56 bits per heavy atom. The van der Waals surface area contributed by atoms with Gasteiger partial charge in [0.25, 0.3) is 0 Å². The van der Waals surface area contributed by atoms with Crippen LogP contribution in [0.1, 0.15) is 20.3 Å². The van der Waals surface area contributed by atoms with Gasteiger partial charge in [0.05, 0.1) is 26.1 Å². The van der Waals surface area contributed by atoms with Crippen molar-refractivity contribution in [3.8, 4) is 0 Å². The van der Waals surface area contributed by atoms with E-state index in [1.165, 1.54) is 21.1 Å². The molecule has 18 heavy (non-hydrogen) atoms. The Morgan fingerprint density at radius 3 is 2.00 bits per heavy atom. The summed E-state index contributed by atoms with van der Waals surface area (Å²) in [6.07, 6.45) is 0.339. The molecule has 0 saturated heterocycles. The van der Waals surface area contributed by atoms with Crippen LogP contribution in [0.5, 0.6) is 0 Å². The SMILES string of the molecule is COC(=O)[C@H]1C[C@@H](C(=O)OC)[C@H](NC(C)=O)[C@H]1C. The average molecular weight is 257 g/mol. The summed E-state index contributed by atoms with van der Waals surface area (Å²) in [5.74, 6) is -2.05. The third-order valence-electron chi connectivity index (χ3n) is 3.52. The lowest BCUT2D eigenvalue weighted by atomic mass is 9.95. The van der Waals surface area contributed by atoms with E-state index < -0.39 is 17.8 Å². The number of nitrogens with one attached hydrogen (secondary N) is 1. The normalized spacial score (nSPS) is 30.7. The Labute approximate surface area is 106 Å². The molecule has 0 unspecified atom stereocenters. The van der Waals surface area contributed by atoms with Crippen LogP contribution in [0.2, 0.25) is 0 Å². The van der Waals surface area contributed by atoms with Crippen LogP contribution >= 0.6 is 0 Å². The first-order valence-corrected chi connectivity index (χ1v) is 5.85. The number of rotatable bonds is 3. The zero-order valence-electron chi connectivity index (χ0n) is 11.1. The monoisotopic (exact) mass is 257 g/mol. The maximum absolute atomic E-state index is 11.7. The van der Waals surface area contributed by atoms with Gasteiger partial charge in [-0.25, -0.2) is 0 Å². The Bertz CT molecular complexity index is 354. The maximum Gasteiger partial charge on any atom is 0.310 e. The van der Waals surface area contributed by atoms with Crippen molar-refractivity contribution < 1.29 is 23.9 Å². The second-order valence-corrected chi connectivity index (χ2v) is 4.58. The lowest BCUT2D eigenvalue weighted by Crippen LogP contribution is -2.43. The molecule has 0 aromatic heterocycles. The topological polar surface area (TPSA) is 81.7 Å². The van der Waals surface area contributed by atoms with Crippen molar-refractivity contribution in [1.82, 2.24) is 5.32 Å². The third-order valence-corrected chi connectivity index (χ3v) is 3.52. The molecular formula is C12H19NO5. The molecule has 0 spiro atoms. The molecule has 1 aliphatic rings. The van der Waals surface area contributed by atoms with E-state index >= 15 is 0 Å². The van der Waals surface area contributed by atoms with E-state index in [0.29, 0.717) is 6.42 Å². The number of methoxy groups -OCH3 is 2. The summed E-state index contributed by atoms with van der Waals surface area (Å²) in [5, 5.41) is 2.72. The zero-order chi connectivity index (χ0) is 13.9. The van der Waals surface area contributed by atoms with Crippen LogP contribution < -0.4 is 5.32 Å². The molecule has 1 N–H and O–H groups in total. The van der Waals surface area contributed by atoms with Crippen molar-refractivity contribution in [2.75, 3.05) is 14.2 Å². The summed E-state index contributed by atoms with van der Waals surface area (Å²) in [7, 11) is 2.61. The van der Waals surface area contributed by atoms with Gasteiger partial charge in [-0.05, 0) is 12.3 Å². The molecular weight excluding hydrogens is 238 g/mol. The molecule has 0 aromatic carbocycles. The van der Waals surface area contributed by atoms with Gasteiger partial charge in [-0.2, -0.15) is 0 Å². The first kappa shape index (κ1) is 14.5. The van der Waals surface area contributed by atoms with Crippen molar-refractivity contribution in [3.05, 3.63) is 0 Å². The van der Waals surface area contributed by atoms with Gasteiger partial charge < -0.3 is 14.8 Å². The molecule has 0 heterocycles. The largest absolute Gasteiger partial charge is 0.469 e. The minimum absolute atomic E-state index is 0.162. The van der Waals surface area contributed by atoms with E-state index in [1.807, 2.05) is 6.92 Å². The van der Waals surface area contributed by atoms with Crippen molar-refractivity contribution >= 4 is 17.8 Å². The van der Waals surface area contributed by atoms with Gasteiger partial charge in [-0.1, -0.05) is 6.92 Å². The predicted octanol–water partition coefficient (Wildman–Crippen LogP) is 0.109. The maximum atomic E-state index is 11.7. The third kappa shape index (κ3) is 2.80. The molecule has 6 heteroatoms. The van der Waals surface area contributed by atoms with Crippen LogP contribution in [-0.4, -0.2) is 38.1 Å². The summed E-state index contributed by atoms with van der Waals surface area (Å²) < 4.78 is 9.43. The smallest absolute Gasteiger partial charge is 0.310 e. The molecule has 1 aliphatic carbocycles. The molecule has 1 saturated carbocycles. The molecule has 1 amide bonds. The van der Waals surface area contributed by atoms with Crippen LogP contribution in [0.4, 0.5) is 0 Å². The van der Waals surface area contributed by atoms with Crippen molar-refractivity contribution in [2.24, 2.45) is 17.8 Å². The highest BCUT2D eigenvalue weighted by molar-refractivity contribution is 5.80. The van der Waals surface area contributed by atoms with Gasteiger partial charge >= 0.3 is 11.9 Å². The highest BCUT2D eigenvalue weighted by Gasteiger charge is 2.48. The van der Waals surface area contributed by atoms with Crippen LogP contribution in [0.15, 0.2) is 0 Å². The van der Waals surface area contributed by atoms with Crippen molar-refractivity contribution in [2.45, 2.75) is 26.3 Å². The Morgan fingerprint density at radius 1 is 1.06 bits per heavy atom. The second kappa shape index (κ2) is 5.84. The lowest BCUT2D eigenvalue weighted by Gasteiger charge is -2.22. The lowest BCUT2D eigenvalue weighted by molar-refractivity contribution is -0.147. The average Bonchev–Trinajstić information content (AvgIpc) is 2.65. The summed E-state index contributed by atoms with van der Waals surface area (Å²) in [6, 6.07) is -0.390. The minimum Gasteiger partial charge on any atom is -0.469 e. The van der Waals surface area contributed by atoms with E-state index in [0.717, 1.165) is 0 Å². The number of hydrogen-bond acceptors (Lipinski definition) is 5. The van der Waals surface area contributed by atoms with Crippen molar-refractivity contribution in [3.63, 3.8) is 0 Å². The van der Waals surface area contributed by atoms with Gasteiger partial charge in [0, 0.05) is 13.0 Å². The molecule has 1 fully saturated rings. The minimum atomic E-state index is -0.502. The van der Waals surface area contributed by atoms with Crippen molar-refractivity contribution in [1.29, 1.82) is 0 Å². The summed E-state index contributed by atoms with van der Waals surface area (Å²) in [6.45, 7) is 3.21. The Kier molecular flexibility index (Phi) is 4.69.